The Kier molecular flexibility index (Phi) is 5.09. The van der Waals surface area contributed by atoms with Crippen molar-refractivity contribution in [1.82, 2.24) is 10.3 Å². The molecule has 1 heterocycles. The Morgan fingerprint density at radius 1 is 1.28 bits per heavy atom. The van der Waals surface area contributed by atoms with Gasteiger partial charge in [-0.2, -0.15) is 4.39 Å². The zero-order valence-corrected chi connectivity index (χ0v) is 19.0. The molecule has 0 spiro atoms. The van der Waals surface area contributed by atoms with Crippen molar-refractivity contribution in [1.29, 1.82) is 0 Å². The highest BCUT2D eigenvalue weighted by atomic mass is 32.2. The Morgan fingerprint density at radius 2 is 2.03 bits per heavy atom. The Bertz CT molecular complexity index is 1230. The van der Waals surface area contributed by atoms with Crippen molar-refractivity contribution in [2.24, 2.45) is 0 Å². The molecular weight excluding hydrogens is 451 g/mol. The summed E-state index contributed by atoms with van der Waals surface area (Å²) in [6, 6.07) is 5.11. The van der Waals surface area contributed by atoms with Gasteiger partial charge < -0.3 is 5.32 Å². The molecule has 2 aromatic rings. The van der Waals surface area contributed by atoms with E-state index >= 15 is 0 Å². The molecule has 1 N–H and O–H groups in total. The van der Waals surface area contributed by atoms with Gasteiger partial charge in [-0.05, 0) is 61.3 Å². The summed E-state index contributed by atoms with van der Waals surface area (Å²) in [6.07, 6.45) is 5.86. The summed E-state index contributed by atoms with van der Waals surface area (Å²) in [5.41, 5.74) is 0.183. The molecule has 9 heteroatoms. The van der Waals surface area contributed by atoms with Gasteiger partial charge in [0.1, 0.15) is 16.3 Å². The normalized spacial score (nSPS) is 25.7. The number of Topliss-reactive ketones (excluding diaryl/α,β-unsaturated/α-hetero) is 1. The van der Waals surface area contributed by atoms with Crippen LogP contribution in [0.25, 0.3) is 0 Å². The molecule has 0 bridgehead atoms. The number of sulfone groups is 1. The fraction of sp³-hybridized carbons (Fsp3) is 0.435. The van der Waals surface area contributed by atoms with Crippen LogP contribution in [0.2, 0.25) is 0 Å². The minimum absolute atomic E-state index is 0.0930. The summed E-state index contributed by atoms with van der Waals surface area (Å²) in [5.74, 6) is -1.20. The lowest BCUT2D eigenvalue weighted by molar-refractivity contribution is -0.120. The van der Waals surface area contributed by atoms with Crippen molar-refractivity contribution >= 4 is 32.9 Å². The van der Waals surface area contributed by atoms with Crippen molar-refractivity contribution in [3.8, 4) is 0 Å². The van der Waals surface area contributed by atoms with E-state index in [0.717, 1.165) is 42.0 Å². The summed E-state index contributed by atoms with van der Waals surface area (Å²) < 4.78 is 39.9. The lowest BCUT2D eigenvalue weighted by Gasteiger charge is -2.34. The maximum atomic E-state index is 13.9. The number of carbonyl (C=O) groups is 2. The third-order valence-corrected chi connectivity index (χ3v) is 9.92. The van der Waals surface area contributed by atoms with Crippen LogP contribution in [-0.2, 0) is 25.0 Å². The number of hydrogen-bond donors (Lipinski definition) is 1. The Hall–Kier alpha value is -2.39. The summed E-state index contributed by atoms with van der Waals surface area (Å²) in [6.45, 7) is 3.50. The highest BCUT2D eigenvalue weighted by molar-refractivity contribution is 7.92. The maximum absolute atomic E-state index is 13.9. The highest BCUT2D eigenvalue weighted by Crippen LogP contribution is 2.51. The first-order valence-corrected chi connectivity index (χ1v) is 13.1. The fourth-order valence-corrected chi connectivity index (χ4v) is 7.56. The molecule has 168 valence electrons. The number of amides is 1. The first-order chi connectivity index (χ1) is 15.3. The topological polar surface area (TPSA) is 93.2 Å². The molecule has 3 saturated carbocycles. The second kappa shape index (κ2) is 7.59. The van der Waals surface area contributed by atoms with Crippen LogP contribution in [0.4, 0.5) is 4.39 Å². The molecule has 1 aromatic carbocycles. The third-order valence-electron chi connectivity index (χ3n) is 6.63. The van der Waals surface area contributed by atoms with Crippen LogP contribution < -0.4 is 5.32 Å². The summed E-state index contributed by atoms with van der Waals surface area (Å²) in [5, 5.41) is 2.37. The second-order valence-corrected chi connectivity index (χ2v) is 12.0. The predicted molar refractivity (Wildman–Crippen MR) is 118 cm³/mol. The molecule has 32 heavy (non-hydrogen) atoms. The number of halogens is 1. The van der Waals surface area contributed by atoms with Crippen LogP contribution in [-0.4, -0.2) is 30.3 Å². The van der Waals surface area contributed by atoms with Crippen LogP contribution in [0.15, 0.2) is 41.9 Å². The van der Waals surface area contributed by atoms with Gasteiger partial charge in [0.05, 0.1) is 22.3 Å². The van der Waals surface area contributed by atoms with Gasteiger partial charge in [0.25, 0.3) is 0 Å². The number of hydrogen-bond acceptors (Lipinski definition) is 6. The number of ketones is 1. The molecule has 0 radical (unpaired) electrons. The molecule has 2 atom stereocenters. The SMILES string of the molecule is C=CC(=O)N[C@@]1(c2ncc(F)s2)CCC(=O)C1c1ccc(S(=O)(=O)C2CC2)c(C2CC2)c1. The first-order valence-electron chi connectivity index (χ1n) is 10.7. The number of benzene rings is 1. The zero-order chi connectivity index (χ0) is 22.7. The number of nitrogens with zero attached hydrogens (tertiary/aromatic N) is 1. The smallest absolute Gasteiger partial charge is 0.244 e. The average molecular weight is 475 g/mol. The van der Waals surface area contributed by atoms with E-state index in [1.807, 2.05) is 6.07 Å². The van der Waals surface area contributed by atoms with Gasteiger partial charge in [-0.1, -0.05) is 30.0 Å². The highest BCUT2D eigenvalue weighted by Gasteiger charge is 2.53. The van der Waals surface area contributed by atoms with Gasteiger partial charge in [-0.3, -0.25) is 9.59 Å². The predicted octanol–water partition coefficient (Wildman–Crippen LogP) is 3.74. The maximum Gasteiger partial charge on any atom is 0.244 e. The molecule has 1 amide bonds. The fourth-order valence-electron chi connectivity index (χ4n) is 4.78. The van der Waals surface area contributed by atoms with E-state index in [1.165, 1.54) is 0 Å². The van der Waals surface area contributed by atoms with E-state index in [-0.39, 0.29) is 29.8 Å². The van der Waals surface area contributed by atoms with Crippen molar-refractivity contribution in [2.45, 2.75) is 66.0 Å². The molecule has 3 aliphatic rings. The summed E-state index contributed by atoms with van der Waals surface area (Å²) >= 11 is 0.804. The summed E-state index contributed by atoms with van der Waals surface area (Å²) in [4.78, 5) is 30.0. The van der Waals surface area contributed by atoms with Gasteiger partial charge in [0.2, 0.25) is 5.91 Å². The second-order valence-electron chi connectivity index (χ2n) is 8.85. The number of rotatable bonds is 7. The van der Waals surface area contributed by atoms with E-state index in [2.05, 4.69) is 16.9 Å². The molecular formula is C23H23FN2O4S2. The lowest BCUT2D eigenvalue weighted by Crippen LogP contribution is -2.48. The summed E-state index contributed by atoms with van der Waals surface area (Å²) in [7, 11) is -3.38. The van der Waals surface area contributed by atoms with Crippen LogP contribution in [0.1, 0.15) is 66.5 Å². The van der Waals surface area contributed by atoms with E-state index in [0.29, 0.717) is 28.3 Å². The Morgan fingerprint density at radius 3 is 2.62 bits per heavy atom. The molecule has 0 aliphatic heterocycles. The van der Waals surface area contributed by atoms with E-state index in [9.17, 15) is 22.4 Å². The van der Waals surface area contributed by atoms with E-state index < -0.39 is 32.3 Å². The van der Waals surface area contributed by atoms with E-state index in [4.69, 9.17) is 0 Å². The first kappa shape index (κ1) is 21.5. The minimum Gasteiger partial charge on any atom is -0.340 e. The average Bonchev–Trinajstić information content (AvgIpc) is 3.69. The van der Waals surface area contributed by atoms with Crippen LogP contribution >= 0.6 is 11.3 Å². The molecule has 6 nitrogen and oxygen atoms in total. The van der Waals surface area contributed by atoms with Gasteiger partial charge in [0.15, 0.2) is 15.0 Å². The largest absolute Gasteiger partial charge is 0.340 e. The molecule has 1 unspecified atom stereocenters. The molecule has 5 rings (SSSR count). The Labute approximate surface area is 189 Å². The lowest BCUT2D eigenvalue weighted by atomic mass is 9.81. The number of carbonyl (C=O) groups excluding carboxylic acids is 2. The van der Waals surface area contributed by atoms with Crippen molar-refractivity contribution in [3.05, 3.63) is 58.3 Å². The van der Waals surface area contributed by atoms with Crippen LogP contribution in [0, 0.1) is 5.13 Å². The monoisotopic (exact) mass is 474 g/mol. The van der Waals surface area contributed by atoms with Gasteiger partial charge in [-0.15, -0.1) is 0 Å². The van der Waals surface area contributed by atoms with Gasteiger partial charge in [-0.25, -0.2) is 13.4 Å². The van der Waals surface area contributed by atoms with Gasteiger partial charge in [0, 0.05) is 6.42 Å². The quantitative estimate of drug-likeness (QED) is 0.617. The van der Waals surface area contributed by atoms with Gasteiger partial charge >= 0.3 is 0 Å². The van der Waals surface area contributed by atoms with Crippen LogP contribution in [0.5, 0.6) is 0 Å². The third kappa shape index (κ3) is 3.51. The number of nitrogens with one attached hydrogen (secondary N) is 1. The van der Waals surface area contributed by atoms with Crippen molar-refractivity contribution < 1.29 is 22.4 Å². The molecule has 0 saturated heterocycles. The molecule has 1 aromatic heterocycles. The van der Waals surface area contributed by atoms with Crippen LogP contribution in [0.3, 0.4) is 0 Å². The minimum atomic E-state index is -3.38. The standard InChI is InChI=1S/C23H23FN2O4S2/c1-2-20(28)26-23(22-25-12-19(24)31-22)10-9-17(27)21(23)14-5-8-18(16(11-14)13-3-4-13)32(29,30)15-6-7-15/h2,5,8,11-13,15,21H,1,3-4,6-7,9-10H2,(H,26,28)/t21?,23-/m0/s1. The number of thiazole rings is 1. The van der Waals surface area contributed by atoms with Crippen molar-refractivity contribution in [2.75, 3.05) is 0 Å². The molecule has 3 fully saturated rings. The van der Waals surface area contributed by atoms with E-state index in [1.54, 1.807) is 12.1 Å². The molecule has 3 aliphatic carbocycles. The zero-order valence-electron chi connectivity index (χ0n) is 17.3. The van der Waals surface area contributed by atoms with Crippen molar-refractivity contribution in [3.63, 3.8) is 0 Å². The number of aromatic nitrogens is 1. The Balaban J connectivity index is 1.64.